The van der Waals surface area contributed by atoms with Gasteiger partial charge in [0.15, 0.2) is 0 Å². The minimum atomic E-state index is 0.937. The molecule has 0 radical (unpaired) electrons. The number of nitrogens with one attached hydrogen (secondary N) is 2. The number of allylic oxidation sites excluding steroid dienone is 2. The Labute approximate surface area is 122 Å². The number of pyridine rings is 1. The molecule has 1 aromatic heterocycles. The zero-order valence-corrected chi connectivity index (χ0v) is 12.4. The summed E-state index contributed by atoms with van der Waals surface area (Å²) in [5, 5.41) is 0. The lowest BCUT2D eigenvalue weighted by Crippen LogP contribution is -3.27. The van der Waals surface area contributed by atoms with Crippen LogP contribution in [0.5, 0.6) is 0 Å². The summed E-state index contributed by atoms with van der Waals surface area (Å²) in [6, 6.07) is 6.25. The summed E-state index contributed by atoms with van der Waals surface area (Å²) < 4.78 is 0. The highest BCUT2D eigenvalue weighted by Gasteiger charge is 2.25. The molecule has 3 rings (SSSR count). The summed E-state index contributed by atoms with van der Waals surface area (Å²) in [6.45, 7) is 7.76. The van der Waals surface area contributed by atoms with Gasteiger partial charge in [0.25, 0.3) is 0 Å². The molecule has 1 fully saturated rings. The van der Waals surface area contributed by atoms with Crippen LogP contribution in [0.15, 0.2) is 36.5 Å². The van der Waals surface area contributed by atoms with Crippen molar-refractivity contribution in [1.82, 2.24) is 4.98 Å². The van der Waals surface area contributed by atoms with E-state index in [1.165, 1.54) is 57.7 Å². The second-order valence-corrected chi connectivity index (χ2v) is 6.35. The predicted molar refractivity (Wildman–Crippen MR) is 80.7 cm³/mol. The fourth-order valence-electron chi connectivity index (χ4n) is 3.55. The maximum Gasteiger partial charge on any atom is 0.127 e. The fraction of sp³-hybridized carbons (Fsp3) is 0.588. The average Bonchev–Trinajstić information content (AvgIpc) is 2.51. The monoisotopic (exact) mass is 273 g/mol. The van der Waals surface area contributed by atoms with E-state index >= 15 is 0 Å². The number of hydrogen-bond donors (Lipinski definition) is 2. The standard InChI is InChI=1S/C17H25N3/c1-2-6-16(7-3-1)14-19-10-12-20(13-11-19)15-17-8-4-5-9-18-17/h1-2,4-5,8-9,16H,3,6-7,10-15H2/p+2. The van der Waals surface area contributed by atoms with Gasteiger partial charge in [-0.15, -0.1) is 0 Å². The quantitative estimate of drug-likeness (QED) is 0.724. The molecule has 0 bridgehead atoms. The van der Waals surface area contributed by atoms with Gasteiger partial charge in [0, 0.05) is 12.1 Å². The molecule has 1 aliphatic carbocycles. The molecule has 2 aliphatic rings. The van der Waals surface area contributed by atoms with E-state index in [1.54, 1.807) is 4.90 Å². The summed E-state index contributed by atoms with van der Waals surface area (Å²) >= 11 is 0. The van der Waals surface area contributed by atoms with Crippen LogP contribution in [0.3, 0.4) is 0 Å². The van der Waals surface area contributed by atoms with E-state index in [0.29, 0.717) is 0 Å². The number of hydrogen-bond acceptors (Lipinski definition) is 1. The molecule has 108 valence electrons. The molecule has 2 N–H and O–H groups in total. The molecule has 0 aromatic carbocycles. The Morgan fingerprint density at radius 2 is 1.90 bits per heavy atom. The first kappa shape index (κ1) is 13.8. The number of quaternary nitrogens is 2. The van der Waals surface area contributed by atoms with Gasteiger partial charge in [-0.1, -0.05) is 18.2 Å². The third-order valence-corrected chi connectivity index (χ3v) is 4.78. The summed E-state index contributed by atoms with van der Waals surface area (Å²) in [4.78, 5) is 7.98. The Hall–Kier alpha value is -1.19. The molecule has 20 heavy (non-hydrogen) atoms. The highest BCUT2D eigenvalue weighted by Crippen LogP contribution is 2.15. The number of rotatable bonds is 4. The second kappa shape index (κ2) is 7.00. The normalized spacial score (nSPS) is 30.3. The Morgan fingerprint density at radius 3 is 2.60 bits per heavy atom. The zero-order chi connectivity index (χ0) is 13.6. The van der Waals surface area contributed by atoms with Crippen LogP contribution >= 0.6 is 0 Å². The molecule has 1 atom stereocenters. The van der Waals surface area contributed by atoms with Crippen LogP contribution in [0.2, 0.25) is 0 Å². The highest BCUT2D eigenvalue weighted by molar-refractivity contribution is 5.01. The topological polar surface area (TPSA) is 21.8 Å². The van der Waals surface area contributed by atoms with Crippen LogP contribution in [-0.4, -0.2) is 37.7 Å². The van der Waals surface area contributed by atoms with Crippen LogP contribution < -0.4 is 9.80 Å². The van der Waals surface area contributed by atoms with E-state index in [2.05, 4.69) is 29.3 Å². The Kier molecular flexibility index (Phi) is 4.82. The average molecular weight is 273 g/mol. The lowest BCUT2D eigenvalue weighted by molar-refractivity contribution is -1.02. The third kappa shape index (κ3) is 3.90. The highest BCUT2D eigenvalue weighted by atomic mass is 15.3. The summed E-state index contributed by atoms with van der Waals surface area (Å²) in [7, 11) is 0. The van der Waals surface area contributed by atoms with Gasteiger partial charge in [-0.2, -0.15) is 0 Å². The molecule has 3 nitrogen and oxygen atoms in total. The zero-order valence-electron chi connectivity index (χ0n) is 12.4. The van der Waals surface area contributed by atoms with Crippen molar-refractivity contribution in [2.24, 2.45) is 5.92 Å². The van der Waals surface area contributed by atoms with Crippen LogP contribution in [-0.2, 0) is 6.54 Å². The minimum absolute atomic E-state index is 0.937. The summed E-state index contributed by atoms with van der Waals surface area (Å²) in [5.74, 6) is 0.937. The summed E-state index contributed by atoms with van der Waals surface area (Å²) in [6.07, 6.45) is 10.7. The van der Waals surface area contributed by atoms with Crippen molar-refractivity contribution in [3.63, 3.8) is 0 Å². The van der Waals surface area contributed by atoms with Gasteiger partial charge in [0.1, 0.15) is 32.7 Å². The van der Waals surface area contributed by atoms with Crippen molar-refractivity contribution in [3.8, 4) is 0 Å². The fourth-order valence-corrected chi connectivity index (χ4v) is 3.55. The predicted octanol–water partition coefficient (Wildman–Crippen LogP) is -0.279. The minimum Gasteiger partial charge on any atom is -0.325 e. The smallest absolute Gasteiger partial charge is 0.127 e. The van der Waals surface area contributed by atoms with Crippen molar-refractivity contribution in [2.45, 2.75) is 25.8 Å². The van der Waals surface area contributed by atoms with Gasteiger partial charge in [0.05, 0.1) is 12.2 Å². The van der Waals surface area contributed by atoms with Gasteiger partial charge in [-0.25, -0.2) is 0 Å². The molecule has 1 aliphatic heterocycles. The van der Waals surface area contributed by atoms with Gasteiger partial charge >= 0.3 is 0 Å². The van der Waals surface area contributed by atoms with Gasteiger partial charge < -0.3 is 9.80 Å². The van der Waals surface area contributed by atoms with E-state index in [4.69, 9.17) is 0 Å². The Balaban J connectivity index is 1.41. The molecular weight excluding hydrogens is 246 g/mol. The summed E-state index contributed by atoms with van der Waals surface area (Å²) in [5.41, 5.74) is 1.24. The molecule has 0 spiro atoms. The largest absolute Gasteiger partial charge is 0.325 e. The van der Waals surface area contributed by atoms with Crippen LogP contribution in [0.4, 0.5) is 0 Å². The second-order valence-electron chi connectivity index (χ2n) is 6.35. The van der Waals surface area contributed by atoms with Crippen LogP contribution in [0.25, 0.3) is 0 Å². The third-order valence-electron chi connectivity index (χ3n) is 4.78. The molecular formula is C17H27N3+2. The molecule has 2 heterocycles. The number of nitrogens with zero attached hydrogens (tertiary/aromatic N) is 1. The van der Waals surface area contributed by atoms with Crippen molar-refractivity contribution < 1.29 is 9.80 Å². The first-order valence-electron chi connectivity index (χ1n) is 8.12. The molecule has 1 saturated heterocycles. The van der Waals surface area contributed by atoms with Crippen LogP contribution in [0, 0.1) is 5.92 Å². The Morgan fingerprint density at radius 1 is 1.05 bits per heavy atom. The molecule has 0 amide bonds. The lowest BCUT2D eigenvalue weighted by Gasteiger charge is -2.32. The SMILES string of the molecule is C1=CCC(C[NH+]2CC[NH+](Cc3ccccn3)CC2)CC1. The van der Waals surface area contributed by atoms with E-state index in [-0.39, 0.29) is 0 Å². The van der Waals surface area contributed by atoms with E-state index in [9.17, 15) is 0 Å². The van der Waals surface area contributed by atoms with Gasteiger partial charge in [-0.3, -0.25) is 4.98 Å². The van der Waals surface area contributed by atoms with Gasteiger partial charge in [-0.05, 0) is 31.4 Å². The lowest BCUT2D eigenvalue weighted by atomic mass is 9.94. The first-order chi connectivity index (χ1) is 9.90. The van der Waals surface area contributed by atoms with Gasteiger partial charge in [0.2, 0.25) is 0 Å². The van der Waals surface area contributed by atoms with E-state index in [1.807, 2.05) is 17.2 Å². The van der Waals surface area contributed by atoms with Crippen molar-refractivity contribution in [3.05, 3.63) is 42.2 Å². The number of piperazine rings is 1. The van der Waals surface area contributed by atoms with E-state index < -0.39 is 0 Å². The molecule has 1 aromatic rings. The first-order valence-corrected chi connectivity index (χ1v) is 8.12. The van der Waals surface area contributed by atoms with Crippen molar-refractivity contribution in [1.29, 1.82) is 0 Å². The Bertz CT molecular complexity index is 421. The van der Waals surface area contributed by atoms with Crippen LogP contribution in [0.1, 0.15) is 25.0 Å². The molecule has 3 heteroatoms. The van der Waals surface area contributed by atoms with Crippen molar-refractivity contribution in [2.75, 3.05) is 32.7 Å². The maximum absolute atomic E-state index is 4.45. The van der Waals surface area contributed by atoms with E-state index in [0.717, 1.165) is 12.5 Å². The molecule has 1 unspecified atom stereocenters. The van der Waals surface area contributed by atoms with Crippen molar-refractivity contribution >= 4 is 0 Å². The molecule has 0 saturated carbocycles. The maximum atomic E-state index is 4.45. The number of aromatic nitrogens is 1.